The second-order valence-corrected chi connectivity index (χ2v) is 10.1. The van der Waals surface area contributed by atoms with Crippen molar-refractivity contribution in [2.75, 3.05) is 5.75 Å². The summed E-state index contributed by atoms with van der Waals surface area (Å²) in [4.78, 5) is 19.7. The van der Waals surface area contributed by atoms with Crippen molar-refractivity contribution in [1.29, 1.82) is 0 Å². The molecular weight excluding hydrogens is 344 g/mol. The van der Waals surface area contributed by atoms with Crippen LogP contribution in [-0.4, -0.2) is 43.8 Å². The predicted molar refractivity (Wildman–Crippen MR) is 103 cm³/mol. The normalized spacial score (nSPS) is 34.8. The van der Waals surface area contributed by atoms with E-state index in [1.165, 1.54) is 31.0 Å². The van der Waals surface area contributed by atoms with Gasteiger partial charge in [-0.15, -0.1) is 5.10 Å². The second kappa shape index (κ2) is 6.18. The zero-order valence-electron chi connectivity index (χ0n) is 16.6. The van der Waals surface area contributed by atoms with E-state index < -0.39 is 0 Å². The first-order chi connectivity index (χ1) is 12.3. The second-order valence-electron chi connectivity index (χ2n) is 9.19. The molecule has 4 rings (SSSR count). The molecule has 4 atom stereocenters. The van der Waals surface area contributed by atoms with E-state index in [4.69, 9.17) is 4.98 Å². The molecule has 2 heterocycles. The molecule has 2 fully saturated rings. The lowest BCUT2D eigenvalue weighted by atomic mass is 9.70. The third-order valence-corrected chi connectivity index (χ3v) is 8.40. The van der Waals surface area contributed by atoms with Crippen LogP contribution < -0.4 is 0 Å². The van der Waals surface area contributed by atoms with Crippen molar-refractivity contribution in [3.8, 4) is 0 Å². The van der Waals surface area contributed by atoms with E-state index in [1.54, 1.807) is 0 Å². The molecule has 1 aliphatic heterocycles. The smallest absolute Gasteiger partial charge is 0.233 e. The molecule has 0 spiro atoms. The molecule has 5 nitrogen and oxygen atoms in total. The Kier molecular flexibility index (Phi) is 4.33. The molecule has 0 aromatic carbocycles. The van der Waals surface area contributed by atoms with Gasteiger partial charge in [-0.05, 0) is 51.4 Å². The minimum Gasteiger partial charge on any atom is -0.337 e. The number of hydrogen-bond donors (Lipinski definition) is 0. The molecular formula is C20H30N4OS. The topological polar surface area (TPSA) is 59.0 Å². The van der Waals surface area contributed by atoms with Gasteiger partial charge >= 0.3 is 0 Å². The highest BCUT2D eigenvalue weighted by Crippen LogP contribution is 2.66. The monoisotopic (exact) mass is 374 g/mol. The SMILES string of the molecule is C[C@H]1CCC[C@H](C)N1C(=O)CSc1nnc2c(n1)[C@@]1(C)CC[C@H]2C1(C)C. The molecule has 26 heavy (non-hydrogen) atoms. The maximum Gasteiger partial charge on any atom is 0.233 e. The summed E-state index contributed by atoms with van der Waals surface area (Å²) in [6, 6.07) is 0.669. The van der Waals surface area contributed by atoms with Crippen LogP contribution >= 0.6 is 11.8 Å². The van der Waals surface area contributed by atoms with Gasteiger partial charge < -0.3 is 4.90 Å². The lowest BCUT2D eigenvalue weighted by Gasteiger charge is -2.39. The van der Waals surface area contributed by atoms with Gasteiger partial charge in [0, 0.05) is 23.4 Å². The summed E-state index contributed by atoms with van der Waals surface area (Å²) in [6.07, 6.45) is 5.77. The number of rotatable bonds is 3. The molecule has 0 radical (unpaired) electrons. The number of hydrogen-bond acceptors (Lipinski definition) is 5. The number of carbonyl (C=O) groups excluding carboxylic acids is 1. The molecule has 1 amide bonds. The third-order valence-electron chi connectivity index (χ3n) is 7.58. The van der Waals surface area contributed by atoms with E-state index in [-0.39, 0.29) is 16.7 Å². The Balaban J connectivity index is 1.49. The van der Waals surface area contributed by atoms with E-state index >= 15 is 0 Å². The van der Waals surface area contributed by atoms with Crippen molar-refractivity contribution in [1.82, 2.24) is 20.1 Å². The van der Waals surface area contributed by atoms with Crippen LogP contribution in [0.1, 0.15) is 84.0 Å². The van der Waals surface area contributed by atoms with E-state index in [0.717, 1.165) is 24.2 Å². The van der Waals surface area contributed by atoms with Crippen molar-refractivity contribution in [2.24, 2.45) is 5.41 Å². The molecule has 1 aromatic rings. The van der Waals surface area contributed by atoms with Crippen molar-refractivity contribution in [3.63, 3.8) is 0 Å². The molecule has 142 valence electrons. The van der Waals surface area contributed by atoms with Crippen LogP contribution in [0.2, 0.25) is 0 Å². The van der Waals surface area contributed by atoms with Gasteiger partial charge in [-0.3, -0.25) is 4.79 Å². The highest BCUT2D eigenvalue weighted by molar-refractivity contribution is 7.99. The van der Waals surface area contributed by atoms with Crippen LogP contribution in [0.4, 0.5) is 0 Å². The fourth-order valence-electron chi connectivity index (χ4n) is 5.54. The van der Waals surface area contributed by atoms with Gasteiger partial charge in [0.15, 0.2) is 0 Å². The first-order valence-electron chi connectivity index (χ1n) is 9.95. The van der Waals surface area contributed by atoms with Crippen LogP contribution in [0, 0.1) is 5.41 Å². The van der Waals surface area contributed by atoms with Gasteiger partial charge in [0.2, 0.25) is 11.1 Å². The van der Waals surface area contributed by atoms with Crippen LogP contribution in [0.25, 0.3) is 0 Å². The summed E-state index contributed by atoms with van der Waals surface area (Å²) >= 11 is 1.44. The Hall–Kier alpha value is -1.17. The van der Waals surface area contributed by atoms with E-state index in [0.29, 0.717) is 28.9 Å². The van der Waals surface area contributed by atoms with E-state index in [2.05, 4.69) is 49.7 Å². The maximum atomic E-state index is 12.7. The number of carbonyl (C=O) groups is 1. The van der Waals surface area contributed by atoms with Crippen molar-refractivity contribution >= 4 is 17.7 Å². The summed E-state index contributed by atoms with van der Waals surface area (Å²) in [7, 11) is 0. The number of likely N-dealkylation sites (tertiary alicyclic amines) is 1. The first-order valence-corrected chi connectivity index (χ1v) is 10.9. The van der Waals surface area contributed by atoms with Crippen LogP contribution in [0.15, 0.2) is 5.16 Å². The highest BCUT2D eigenvalue weighted by atomic mass is 32.2. The Labute approximate surface area is 160 Å². The summed E-state index contributed by atoms with van der Waals surface area (Å²) < 4.78 is 0. The fraction of sp³-hybridized carbons (Fsp3) is 0.800. The lowest BCUT2D eigenvalue weighted by Crippen LogP contribution is -2.48. The molecule has 2 bridgehead atoms. The maximum absolute atomic E-state index is 12.7. The van der Waals surface area contributed by atoms with E-state index in [1.807, 2.05) is 0 Å². The Morgan fingerprint density at radius 1 is 1.15 bits per heavy atom. The quantitative estimate of drug-likeness (QED) is 0.750. The number of nitrogens with zero attached hydrogens (tertiary/aromatic N) is 4. The third kappa shape index (κ3) is 2.51. The van der Waals surface area contributed by atoms with Crippen LogP contribution in [0.3, 0.4) is 0 Å². The Morgan fingerprint density at radius 3 is 2.54 bits per heavy atom. The first kappa shape index (κ1) is 18.2. The molecule has 0 N–H and O–H groups in total. The molecule has 0 unspecified atom stereocenters. The van der Waals surface area contributed by atoms with Crippen LogP contribution in [-0.2, 0) is 10.2 Å². The average Bonchev–Trinajstić information content (AvgIpc) is 2.92. The van der Waals surface area contributed by atoms with Gasteiger partial charge in [-0.2, -0.15) is 5.10 Å². The molecule has 1 aromatic heterocycles. The zero-order valence-corrected chi connectivity index (χ0v) is 17.4. The minimum atomic E-state index is 0.0815. The molecule has 6 heteroatoms. The Bertz CT molecular complexity index is 727. The fourth-order valence-corrected chi connectivity index (χ4v) is 6.19. The lowest BCUT2D eigenvalue weighted by molar-refractivity contribution is -0.134. The summed E-state index contributed by atoms with van der Waals surface area (Å²) in [5.41, 5.74) is 2.49. The number of piperidine rings is 1. The standard InChI is InChI=1S/C20H30N4OS/c1-12-7-6-8-13(2)24(12)15(25)11-26-18-21-17-16(22-23-18)14-9-10-20(17,5)19(14,3)4/h12-14H,6-11H2,1-5H3/t12-,13-,14+,20+/m0/s1. The molecule has 1 saturated carbocycles. The minimum absolute atomic E-state index is 0.0815. The summed E-state index contributed by atoms with van der Waals surface area (Å²) in [5.74, 6) is 1.07. The van der Waals surface area contributed by atoms with Gasteiger partial charge in [-0.1, -0.05) is 32.5 Å². The van der Waals surface area contributed by atoms with Gasteiger partial charge in [0.1, 0.15) is 0 Å². The Morgan fingerprint density at radius 2 is 1.85 bits per heavy atom. The average molecular weight is 375 g/mol. The van der Waals surface area contributed by atoms with Crippen molar-refractivity contribution in [3.05, 3.63) is 11.4 Å². The zero-order chi connectivity index (χ0) is 18.7. The van der Waals surface area contributed by atoms with Crippen molar-refractivity contribution < 1.29 is 4.79 Å². The largest absolute Gasteiger partial charge is 0.337 e. The number of aromatic nitrogens is 3. The summed E-state index contributed by atoms with van der Waals surface area (Å²) in [6.45, 7) is 11.3. The van der Waals surface area contributed by atoms with Crippen LogP contribution in [0.5, 0.6) is 0 Å². The predicted octanol–water partition coefficient (Wildman–Crippen LogP) is 3.93. The number of fused-ring (bicyclic) bond motifs is 5. The molecule has 3 aliphatic rings. The highest BCUT2D eigenvalue weighted by Gasteiger charge is 2.61. The van der Waals surface area contributed by atoms with Gasteiger partial charge in [-0.25, -0.2) is 4.98 Å². The van der Waals surface area contributed by atoms with E-state index in [9.17, 15) is 4.79 Å². The number of amides is 1. The van der Waals surface area contributed by atoms with Crippen molar-refractivity contribution in [2.45, 2.75) is 95.3 Å². The summed E-state index contributed by atoms with van der Waals surface area (Å²) in [5, 5.41) is 9.55. The van der Waals surface area contributed by atoms with Gasteiger partial charge in [0.05, 0.1) is 17.1 Å². The van der Waals surface area contributed by atoms with Gasteiger partial charge in [0.25, 0.3) is 0 Å². The molecule has 2 aliphatic carbocycles. The number of thioether (sulfide) groups is 1. The molecule has 1 saturated heterocycles.